The lowest BCUT2D eigenvalue weighted by Crippen LogP contribution is -2.33. The van der Waals surface area contributed by atoms with Gasteiger partial charge in [0.15, 0.2) is 11.5 Å². The van der Waals surface area contributed by atoms with Gasteiger partial charge in [-0.25, -0.2) is 0 Å². The van der Waals surface area contributed by atoms with Crippen molar-refractivity contribution in [2.24, 2.45) is 0 Å². The average molecular weight is 413 g/mol. The second-order valence-electron chi connectivity index (χ2n) is 6.39. The molecule has 0 unspecified atom stereocenters. The fourth-order valence-corrected chi connectivity index (χ4v) is 3.73. The highest BCUT2D eigenvalue weighted by atomic mass is 32.1. The van der Waals surface area contributed by atoms with Gasteiger partial charge in [0.2, 0.25) is 11.0 Å². The summed E-state index contributed by atoms with van der Waals surface area (Å²) in [5.74, 6) is 1.22. The summed E-state index contributed by atoms with van der Waals surface area (Å²) in [6, 6.07) is 9.28. The molecule has 3 aromatic rings. The van der Waals surface area contributed by atoms with Crippen LogP contribution in [0.1, 0.15) is 25.3 Å². The van der Waals surface area contributed by atoms with Crippen molar-refractivity contribution in [3.63, 3.8) is 0 Å². The Bertz CT molecular complexity index is 946. The van der Waals surface area contributed by atoms with Crippen LogP contribution in [-0.2, 0) is 11.2 Å². The van der Waals surface area contributed by atoms with Gasteiger partial charge in [-0.3, -0.25) is 14.7 Å². The fourth-order valence-electron chi connectivity index (χ4n) is 2.84. The summed E-state index contributed by atoms with van der Waals surface area (Å²) in [6.07, 6.45) is 5.55. The Balaban J connectivity index is 1.81. The van der Waals surface area contributed by atoms with Crippen LogP contribution >= 0.6 is 11.3 Å². The van der Waals surface area contributed by atoms with E-state index in [0.29, 0.717) is 23.2 Å². The Morgan fingerprint density at radius 2 is 1.83 bits per heavy atom. The second-order valence-corrected chi connectivity index (χ2v) is 7.35. The zero-order valence-electron chi connectivity index (χ0n) is 16.8. The molecule has 0 radical (unpaired) electrons. The Labute approximate surface area is 174 Å². The molecule has 3 rings (SSSR count). The van der Waals surface area contributed by atoms with Crippen LogP contribution in [0.5, 0.6) is 11.5 Å². The van der Waals surface area contributed by atoms with Crippen LogP contribution in [0.15, 0.2) is 42.7 Å². The summed E-state index contributed by atoms with van der Waals surface area (Å²) in [4.78, 5) is 18.9. The summed E-state index contributed by atoms with van der Waals surface area (Å²) >= 11 is 1.41. The summed E-state index contributed by atoms with van der Waals surface area (Å²) in [7, 11) is 3.17. The molecule has 2 aromatic heterocycles. The molecule has 8 heteroatoms. The number of carbonyl (C=O) groups is 1. The van der Waals surface area contributed by atoms with Crippen molar-refractivity contribution in [1.29, 1.82) is 0 Å². The summed E-state index contributed by atoms with van der Waals surface area (Å²) in [5, 5.41) is 9.92. The zero-order chi connectivity index (χ0) is 20.6. The van der Waals surface area contributed by atoms with Crippen molar-refractivity contribution in [1.82, 2.24) is 15.2 Å². The molecule has 0 saturated heterocycles. The van der Waals surface area contributed by atoms with Gasteiger partial charge in [-0.05, 0) is 36.2 Å². The predicted octanol–water partition coefficient (Wildman–Crippen LogP) is 3.99. The molecule has 0 fully saturated rings. The Hall–Kier alpha value is -3.00. The maximum Gasteiger partial charge on any atom is 0.233 e. The number of nitrogens with zero attached hydrogens (tertiary/aromatic N) is 4. The van der Waals surface area contributed by atoms with E-state index in [4.69, 9.17) is 9.47 Å². The first-order valence-electron chi connectivity index (χ1n) is 9.41. The molecule has 1 amide bonds. The molecule has 0 bridgehead atoms. The molecule has 2 heterocycles. The van der Waals surface area contributed by atoms with Crippen LogP contribution < -0.4 is 14.4 Å². The lowest BCUT2D eigenvalue weighted by Gasteiger charge is -2.19. The lowest BCUT2D eigenvalue weighted by atomic mass is 10.1. The van der Waals surface area contributed by atoms with Gasteiger partial charge in [-0.1, -0.05) is 30.7 Å². The van der Waals surface area contributed by atoms with Gasteiger partial charge in [0.25, 0.3) is 0 Å². The highest BCUT2D eigenvalue weighted by Crippen LogP contribution is 2.30. The second kappa shape index (κ2) is 9.97. The molecule has 0 spiro atoms. The van der Waals surface area contributed by atoms with Crippen LogP contribution in [0.3, 0.4) is 0 Å². The van der Waals surface area contributed by atoms with Crippen LogP contribution in [-0.4, -0.2) is 41.9 Å². The minimum Gasteiger partial charge on any atom is -0.493 e. The van der Waals surface area contributed by atoms with Crippen molar-refractivity contribution in [2.45, 2.75) is 26.2 Å². The van der Waals surface area contributed by atoms with Crippen molar-refractivity contribution < 1.29 is 14.3 Å². The normalized spacial score (nSPS) is 10.6. The van der Waals surface area contributed by atoms with Crippen molar-refractivity contribution in [3.05, 3.63) is 48.3 Å². The fraction of sp³-hybridized carbons (Fsp3) is 0.333. The Morgan fingerprint density at radius 3 is 2.52 bits per heavy atom. The van der Waals surface area contributed by atoms with Gasteiger partial charge >= 0.3 is 0 Å². The summed E-state index contributed by atoms with van der Waals surface area (Å²) < 4.78 is 10.6. The first kappa shape index (κ1) is 20.7. The van der Waals surface area contributed by atoms with Crippen LogP contribution in [0.2, 0.25) is 0 Å². The van der Waals surface area contributed by atoms with Gasteiger partial charge in [0.05, 0.1) is 20.6 Å². The highest BCUT2D eigenvalue weighted by Gasteiger charge is 2.21. The number of anilines is 1. The molecule has 7 nitrogen and oxygen atoms in total. The van der Waals surface area contributed by atoms with E-state index in [1.807, 2.05) is 30.3 Å². The molecule has 0 saturated carbocycles. The molecule has 0 aliphatic carbocycles. The number of ether oxygens (including phenoxy) is 2. The van der Waals surface area contributed by atoms with Crippen LogP contribution in [0.25, 0.3) is 10.6 Å². The number of hydrogen-bond donors (Lipinski definition) is 0. The van der Waals surface area contributed by atoms with E-state index in [1.165, 1.54) is 11.3 Å². The molecule has 0 atom stereocenters. The van der Waals surface area contributed by atoms with E-state index in [2.05, 4.69) is 22.1 Å². The van der Waals surface area contributed by atoms with Crippen LogP contribution in [0, 0.1) is 0 Å². The third-order valence-electron chi connectivity index (χ3n) is 4.41. The minimum atomic E-state index is -0.0249. The average Bonchev–Trinajstić information content (AvgIpc) is 3.24. The van der Waals surface area contributed by atoms with Crippen LogP contribution in [0.4, 0.5) is 5.13 Å². The first-order chi connectivity index (χ1) is 14.2. The molecule has 0 aliphatic heterocycles. The van der Waals surface area contributed by atoms with Gasteiger partial charge in [-0.15, -0.1) is 10.2 Å². The number of amides is 1. The number of carbonyl (C=O) groups excluding carboxylic acids is 1. The molecule has 29 heavy (non-hydrogen) atoms. The molecular formula is C21H24N4O3S. The predicted molar refractivity (Wildman–Crippen MR) is 114 cm³/mol. The number of pyridine rings is 1. The third kappa shape index (κ3) is 5.08. The molecule has 0 aliphatic rings. The summed E-state index contributed by atoms with van der Waals surface area (Å²) in [6.45, 7) is 2.70. The third-order valence-corrected chi connectivity index (χ3v) is 5.41. The Morgan fingerprint density at radius 1 is 1.07 bits per heavy atom. The van der Waals surface area contributed by atoms with Crippen molar-refractivity contribution in [2.75, 3.05) is 25.7 Å². The molecular weight excluding hydrogens is 388 g/mol. The topological polar surface area (TPSA) is 77.4 Å². The van der Waals surface area contributed by atoms with Crippen molar-refractivity contribution >= 4 is 22.4 Å². The van der Waals surface area contributed by atoms with E-state index < -0.39 is 0 Å². The smallest absolute Gasteiger partial charge is 0.233 e. The van der Waals surface area contributed by atoms with Gasteiger partial charge in [0, 0.05) is 24.5 Å². The monoisotopic (exact) mass is 412 g/mol. The molecule has 152 valence electrons. The van der Waals surface area contributed by atoms with E-state index >= 15 is 0 Å². The van der Waals surface area contributed by atoms with E-state index in [1.54, 1.807) is 31.5 Å². The minimum absolute atomic E-state index is 0.0249. The number of hydrogen-bond acceptors (Lipinski definition) is 7. The zero-order valence-corrected chi connectivity index (χ0v) is 17.6. The number of benzene rings is 1. The quantitative estimate of drug-likeness (QED) is 0.529. The maximum absolute atomic E-state index is 13.1. The van der Waals surface area contributed by atoms with E-state index in [9.17, 15) is 4.79 Å². The highest BCUT2D eigenvalue weighted by molar-refractivity contribution is 7.18. The molecule has 1 aromatic carbocycles. The molecule has 0 N–H and O–H groups in total. The maximum atomic E-state index is 13.1. The number of rotatable bonds is 9. The van der Waals surface area contributed by atoms with Gasteiger partial charge in [-0.2, -0.15) is 0 Å². The summed E-state index contributed by atoms with van der Waals surface area (Å²) in [5.41, 5.74) is 1.79. The van der Waals surface area contributed by atoms with E-state index in [0.717, 1.165) is 29.0 Å². The van der Waals surface area contributed by atoms with E-state index in [-0.39, 0.29) is 12.3 Å². The largest absolute Gasteiger partial charge is 0.493 e. The Kier molecular flexibility index (Phi) is 7.13. The lowest BCUT2D eigenvalue weighted by molar-refractivity contribution is -0.118. The van der Waals surface area contributed by atoms with Gasteiger partial charge in [0.1, 0.15) is 5.01 Å². The van der Waals surface area contributed by atoms with Crippen molar-refractivity contribution in [3.8, 4) is 22.1 Å². The number of methoxy groups -OCH3 is 2. The number of aromatic nitrogens is 3. The first-order valence-corrected chi connectivity index (χ1v) is 10.2. The number of unbranched alkanes of at least 4 members (excludes halogenated alkanes) is 1. The van der Waals surface area contributed by atoms with Gasteiger partial charge < -0.3 is 9.47 Å². The standard InChI is InChI=1S/C21H24N4O3S/c1-4-5-12-25(21-24-23-20(29-21)16-8-10-22-11-9-16)19(26)14-15-6-7-17(27-2)18(13-15)28-3/h6-11,13H,4-5,12,14H2,1-3H3. The SMILES string of the molecule is CCCCN(C(=O)Cc1ccc(OC)c(OC)c1)c1nnc(-c2ccncc2)s1.